The van der Waals surface area contributed by atoms with Crippen molar-refractivity contribution in [2.45, 2.75) is 41.0 Å². The SMILES string of the molecule is CC.CCc1c(-c2cc(C)nc(C)c2)[nH]c2cc(-c3ccc(N4CCNCC4)nc3)ccc12. The highest BCUT2D eigenvalue weighted by Gasteiger charge is 2.15. The molecule has 1 aliphatic heterocycles. The molecule has 2 N–H and O–H groups in total. The molecule has 0 aliphatic carbocycles. The van der Waals surface area contributed by atoms with Gasteiger partial charge in [-0.3, -0.25) is 4.98 Å². The van der Waals surface area contributed by atoms with Crippen LogP contribution in [0.4, 0.5) is 5.82 Å². The van der Waals surface area contributed by atoms with Gasteiger partial charge in [0.05, 0.1) is 0 Å². The zero-order valence-corrected chi connectivity index (χ0v) is 20.5. The number of aryl methyl sites for hydroxylation is 3. The Labute approximate surface area is 197 Å². The number of rotatable bonds is 4. The summed E-state index contributed by atoms with van der Waals surface area (Å²) in [6, 6.07) is 15.4. The summed E-state index contributed by atoms with van der Waals surface area (Å²) in [6.07, 6.45) is 2.98. The number of anilines is 1. The Morgan fingerprint density at radius 3 is 2.21 bits per heavy atom. The van der Waals surface area contributed by atoms with Gasteiger partial charge in [0.15, 0.2) is 0 Å². The lowest BCUT2D eigenvalue weighted by molar-refractivity contribution is 0.585. The fraction of sp³-hybridized carbons (Fsp3) is 0.357. The third-order valence-corrected chi connectivity index (χ3v) is 6.15. The van der Waals surface area contributed by atoms with Crippen molar-refractivity contribution < 1.29 is 0 Å². The van der Waals surface area contributed by atoms with Crippen molar-refractivity contribution in [3.05, 3.63) is 65.6 Å². The minimum absolute atomic E-state index is 0.982. The van der Waals surface area contributed by atoms with Crippen LogP contribution >= 0.6 is 0 Å². The van der Waals surface area contributed by atoms with Crippen molar-refractivity contribution in [3.8, 4) is 22.4 Å². The lowest BCUT2D eigenvalue weighted by Gasteiger charge is -2.28. The highest BCUT2D eigenvalue weighted by Crippen LogP contribution is 2.34. The average molecular weight is 442 g/mol. The zero-order valence-electron chi connectivity index (χ0n) is 20.5. The number of hydrogen-bond donors (Lipinski definition) is 2. The summed E-state index contributed by atoms with van der Waals surface area (Å²) in [4.78, 5) is 15.3. The molecule has 1 fully saturated rings. The lowest BCUT2D eigenvalue weighted by Crippen LogP contribution is -2.43. The normalized spacial score (nSPS) is 13.7. The summed E-state index contributed by atoms with van der Waals surface area (Å²) in [7, 11) is 0. The van der Waals surface area contributed by atoms with Gasteiger partial charge in [-0.15, -0.1) is 0 Å². The van der Waals surface area contributed by atoms with E-state index in [1.165, 1.54) is 33.3 Å². The first-order valence-corrected chi connectivity index (χ1v) is 12.1. The second-order valence-corrected chi connectivity index (χ2v) is 8.37. The molecule has 0 saturated carbocycles. The maximum atomic E-state index is 4.75. The van der Waals surface area contributed by atoms with Gasteiger partial charge >= 0.3 is 0 Å². The molecule has 1 saturated heterocycles. The van der Waals surface area contributed by atoms with Crippen LogP contribution in [0.15, 0.2) is 48.7 Å². The minimum atomic E-state index is 0.982. The molecule has 5 heteroatoms. The molecule has 4 heterocycles. The number of aromatic nitrogens is 3. The van der Waals surface area contributed by atoms with Gasteiger partial charge in [-0.25, -0.2) is 4.98 Å². The minimum Gasteiger partial charge on any atom is -0.354 e. The van der Waals surface area contributed by atoms with E-state index >= 15 is 0 Å². The van der Waals surface area contributed by atoms with Crippen LogP contribution in [0.2, 0.25) is 0 Å². The van der Waals surface area contributed by atoms with E-state index in [4.69, 9.17) is 4.98 Å². The zero-order chi connectivity index (χ0) is 23.4. The molecule has 5 rings (SSSR count). The molecule has 5 nitrogen and oxygen atoms in total. The Morgan fingerprint density at radius 1 is 0.879 bits per heavy atom. The number of H-pyrrole nitrogens is 1. The molecule has 0 atom stereocenters. The molecule has 0 bridgehead atoms. The van der Waals surface area contributed by atoms with Gasteiger partial charge in [0.2, 0.25) is 0 Å². The van der Waals surface area contributed by atoms with E-state index in [9.17, 15) is 0 Å². The second-order valence-electron chi connectivity index (χ2n) is 8.37. The van der Waals surface area contributed by atoms with E-state index in [0.29, 0.717) is 0 Å². The Hall–Kier alpha value is -3.18. The van der Waals surface area contributed by atoms with Crippen LogP contribution in [0, 0.1) is 13.8 Å². The third kappa shape index (κ3) is 4.79. The maximum Gasteiger partial charge on any atom is 0.128 e. The first-order chi connectivity index (χ1) is 16.1. The number of nitrogens with zero attached hydrogens (tertiary/aromatic N) is 3. The van der Waals surface area contributed by atoms with Crippen LogP contribution in [-0.2, 0) is 6.42 Å². The van der Waals surface area contributed by atoms with E-state index in [1.54, 1.807) is 0 Å². The number of piperazine rings is 1. The summed E-state index contributed by atoms with van der Waals surface area (Å²) < 4.78 is 0. The molecule has 3 aromatic heterocycles. The van der Waals surface area contributed by atoms with Crippen LogP contribution in [0.3, 0.4) is 0 Å². The Morgan fingerprint density at radius 2 is 1.58 bits per heavy atom. The average Bonchev–Trinajstić information content (AvgIpc) is 3.23. The van der Waals surface area contributed by atoms with E-state index in [0.717, 1.165) is 55.4 Å². The number of aromatic amines is 1. The van der Waals surface area contributed by atoms with Gasteiger partial charge in [0.1, 0.15) is 5.82 Å². The molecule has 0 amide bonds. The number of hydrogen-bond acceptors (Lipinski definition) is 4. The Kier molecular flexibility index (Phi) is 7.09. The molecule has 1 aliphatic rings. The fourth-order valence-corrected chi connectivity index (χ4v) is 4.67. The molecule has 0 spiro atoms. The molecule has 172 valence electrons. The Bertz CT molecular complexity index is 1200. The largest absolute Gasteiger partial charge is 0.354 e. The topological polar surface area (TPSA) is 56.8 Å². The Balaban J connectivity index is 0.00000126. The van der Waals surface area contributed by atoms with Crippen molar-refractivity contribution in [2.75, 3.05) is 31.1 Å². The number of nitrogens with one attached hydrogen (secondary N) is 2. The molecule has 0 radical (unpaired) electrons. The highest BCUT2D eigenvalue weighted by atomic mass is 15.2. The summed E-state index contributed by atoms with van der Waals surface area (Å²) in [5.74, 6) is 1.06. The number of fused-ring (bicyclic) bond motifs is 1. The number of benzene rings is 1. The third-order valence-electron chi connectivity index (χ3n) is 6.15. The maximum absolute atomic E-state index is 4.75. The van der Waals surface area contributed by atoms with Crippen LogP contribution in [-0.4, -0.2) is 41.1 Å². The van der Waals surface area contributed by atoms with Gasteiger partial charge in [-0.1, -0.05) is 32.9 Å². The smallest absolute Gasteiger partial charge is 0.128 e. The molecular weight excluding hydrogens is 406 g/mol. The quantitative estimate of drug-likeness (QED) is 0.413. The first kappa shape index (κ1) is 23.0. The van der Waals surface area contributed by atoms with Crippen molar-refractivity contribution in [1.29, 1.82) is 0 Å². The van der Waals surface area contributed by atoms with Gasteiger partial charge in [0, 0.05) is 71.5 Å². The van der Waals surface area contributed by atoms with Crippen LogP contribution < -0.4 is 10.2 Å². The predicted octanol–water partition coefficient (Wildman–Crippen LogP) is 5.91. The van der Waals surface area contributed by atoms with Crippen molar-refractivity contribution in [2.24, 2.45) is 0 Å². The second kappa shape index (κ2) is 10.2. The molecule has 33 heavy (non-hydrogen) atoms. The van der Waals surface area contributed by atoms with E-state index in [-0.39, 0.29) is 0 Å². The molecule has 4 aromatic rings. The van der Waals surface area contributed by atoms with Gasteiger partial charge in [0.25, 0.3) is 0 Å². The van der Waals surface area contributed by atoms with E-state index in [1.807, 2.05) is 20.0 Å². The lowest BCUT2D eigenvalue weighted by atomic mass is 10.0. The molecule has 1 aromatic carbocycles. The van der Waals surface area contributed by atoms with Gasteiger partial charge < -0.3 is 15.2 Å². The number of pyridine rings is 2. The van der Waals surface area contributed by atoms with Crippen molar-refractivity contribution in [1.82, 2.24) is 20.3 Å². The van der Waals surface area contributed by atoms with Crippen LogP contribution in [0.25, 0.3) is 33.3 Å². The summed E-state index contributed by atoms with van der Waals surface area (Å²) in [5.41, 5.74) is 9.37. The summed E-state index contributed by atoms with van der Waals surface area (Å²) >= 11 is 0. The first-order valence-electron chi connectivity index (χ1n) is 12.1. The monoisotopic (exact) mass is 441 g/mol. The standard InChI is InChI=1S/C26H29N5.C2H6/c1-4-22-23-7-5-19(20-6-8-25(28-16-20)31-11-9-27-10-12-31)15-24(23)30-26(22)21-13-17(2)29-18(3)14-21;1-2/h5-8,13-16,27,30H,4,9-12H2,1-3H3;1-2H3. The predicted molar refractivity (Wildman–Crippen MR) is 140 cm³/mol. The van der Waals surface area contributed by atoms with Crippen LogP contribution in [0.5, 0.6) is 0 Å². The van der Waals surface area contributed by atoms with Gasteiger partial charge in [-0.2, -0.15) is 0 Å². The summed E-state index contributed by atoms with van der Waals surface area (Å²) in [6.45, 7) is 14.4. The van der Waals surface area contributed by atoms with Crippen LogP contribution in [0.1, 0.15) is 37.7 Å². The summed E-state index contributed by atoms with van der Waals surface area (Å²) in [5, 5.41) is 4.68. The molecule has 0 unspecified atom stereocenters. The highest BCUT2D eigenvalue weighted by molar-refractivity contribution is 5.93. The van der Waals surface area contributed by atoms with Gasteiger partial charge in [-0.05, 0) is 61.7 Å². The van der Waals surface area contributed by atoms with Crippen molar-refractivity contribution >= 4 is 16.7 Å². The van der Waals surface area contributed by atoms with E-state index in [2.05, 4.69) is 83.4 Å². The fourth-order valence-electron chi connectivity index (χ4n) is 4.67. The van der Waals surface area contributed by atoms with E-state index < -0.39 is 0 Å². The van der Waals surface area contributed by atoms with Crippen molar-refractivity contribution in [3.63, 3.8) is 0 Å². The molecular formula is C28H35N5.